The van der Waals surface area contributed by atoms with E-state index in [0.717, 1.165) is 11.4 Å². The highest BCUT2D eigenvalue weighted by atomic mass is 16.3. The third kappa shape index (κ3) is 3.63. The topological polar surface area (TPSA) is 25.2 Å². The minimum Gasteiger partial charge on any atom is -0.465 e. The summed E-state index contributed by atoms with van der Waals surface area (Å²) in [5.74, 6) is 0.853. The zero-order valence-electron chi connectivity index (χ0n) is 11.6. The summed E-state index contributed by atoms with van der Waals surface area (Å²) in [6, 6.07) is 24.5. The van der Waals surface area contributed by atoms with Crippen molar-refractivity contribution in [3.05, 3.63) is 96.5 Å². The molecule has 0 aliphatic carbocycles. The predicted octanol–water partition coefficient (Wildman–Crippen LogP) is 5.15. The van der Waals surface area contributed by atoms with Crippen molar-refractivity contribution in [3.63, 3.8) is 0 Å². The Bertz CT molecular complexity index is 672. The van der Waals surface area contributed by atoms with E-state index in [1.54, 1.807) is 6.26 Å². The van der Waals surface area contributed by atoms with Crippen LogP contribution in [0.25, 0.3) is 6.08 Å². The molecule has 104 valence electrons. The fourth-order valence-corrected chi connectivity index (χ4v) is 2.19. The Kier molecular flexibility index (Phi) is 4.18. The van der Waals surface area contributed by atoms with Crippen LogP contribution in [0.2, 0.25) is 0 Å². The summed E-state index contributed by atoms with van der Waals surface area (Å²) >= 11 is 0. The molecule has 0 fully saturated rings. The van der Waals surface area contributed by atoms with E-state index in [4.69, 9.17) is 4.42 Å². The molecule has 2 nitrogen and oxygen atoms in total. The number of para-hydroxylation sites is 1. The molecule has 21 heavy (non-hydrogen) atoms. The zero-order chi connectivity index (χ0) is 14.3. The van der Waals surface area contributed by atoms with Gasteiger partial charge in [0, 0.05) is 5.69 Å². The van der Waals surface area contributed by atoms with Crippen molar-refractivity contribution in [2.75, 3.05) is 5.32 Å². The average molecular weight is 275 g/mol. The van der Waals surface area contributed by atoms with E-state index in [1.807, 2.05) is 42.5 Å². The fraction of sp³-hybridized carbons (Fsp3) is 0.0526. The van der Waals surface area contributed by atoms with Gasteiger partial charge in [-0.2, -0.15) is 0 Å². The Hall–Kier alpha value is -2.74. The van der Waals surface area contributed by atoms with Crippen LogP contribution in [0.1, 0.15) is 17.4 Å². The van der Waals surface area contributed by atoms with E-state index in [9.17, 15) is 0 Å². The minimum atomic E-state index is 0.0960. The molecular formula is C19H17NO. The molecule has 3 aromatic rings. The molecule has 0 saturated heterocycles. The average Bonchev–Trinajstić information content (AvgIpc) is 3.07. The van der Waals surface area contributed by atoms with Crippen molar-refractivity contribution in [1.29, 1.82) is 0 Å². The number of rotatable bonds is 5. The first kappa shape index (κ1) is 13.3. The van der Waals surface area contributed by atoms with Gasteiger partial charge in [-0.25, -0.2) is 0 Å². The van der Waals surface area contributed by atoms with Gasteiger partial charge in [0.1, 0.15) is 5.76 Å². The fourth-order valence-electron chi connectivity index (χ4n) is 2.19. The van der Waals surface area contributed by atoms with Gasteiger partial charge in [-0.15, -0.1) is 0 Å². The molecule has 1 atom stereocenters. The first-order chi connectivity index (χ1) is 10.4. The van der Waals surface area contributed by atoms with Crippen molar-refractivity contribution in [3.8, 4) is 0 Å². The van der Waals surface area contributed by atoms with Crippen LogP contribution in [0.4, 0.5) is 5.69 Å². The number of anilines is 1. The second-order valence-corrected chi connectivity index (χ2v) is 4.77. The maximum atomic E-state index is 5.36. The van der Waals surface area contributed by atoms with Crippen LogP contribution in [0, 0.1) is 0 Å². The standard InChI is InChI=1S/C19H17NO/c1-3-8-16(9-4-1)19(14-13-18-12-7-15-21-18)20-17-10-5-2-6-11-17/h1-15,19-20H/b14-13+. The van der Waals surface area contributed by atoms with Gasteiger partial charge in [-0.1, -0.05) is 54.6 Å². The van der Waals surface area contributed by atoms with Crippen LogP contribution < -0.4 is 5.32 Å². The molecular weight excluding hydrogens is 258 g/mol. The smallest absolute Gasteiger partial charge is 0.126 e. The lowest BCUT2D eigenvalue weighted by molar-refractivity contribution is 0.556. The number of benzene rings is 2. The Morgan fingerprint density at radius 2 is 1.52 bits per heavy atom. The van der Waals surface area contributed by atoms with Gasteiger partial charge in [0.15, 0.2) is 0 Å². The summed E-state index contributed by atoms with van der Waals surface area (Å²) in [4.78, 5) is 0. The lowest BCUT2D eigenvalue weighted by Gasteiger charge is -2.17. The van der Waals surface area contributed by atoms with Crippen LogP contribution in [-0.4, -0.2) is 0 Å². The molecule has 0 amide bonds. The minimum absolute atomic E-state index is 0.0960. The van der Waals surface area contributed by atoms with Gasteiger partial charge in [-0.3, -0.25) is 0 Å². The van der Waals surface area contributed by atoms with Crippen molar-refractivity contribution >= 4 is 11.8 Å². The lowest BCUT2D eigenvalue weighted by atomic mass is 10.1. The maximum Gasteiger partial charge on any atom is 0.126 e. The molecule has 1 aromatic heterocycles. The van der Waals surface area contributed by atoms with E-state index in [0.29, 0.717) is 0 Å². The number of furan rings is 1. The summed E-state index contributed by atoms with van der Waals surface area (Å²) in [6.07, 6.45) is 5.79. The third-order valence-electron chi connectivity index (χ3n) is 3.25. The molecule has 3 rings (SSSR count). The van der Waals surface area contributed by atoms with Crippen LogP contribution in [0.15, 0.2) is 89.6 Å². The van der Waals surface area contributed by atoms with Gasteiger partial charge in [0.25, 0.3) is 0 Å². The van der Waals surface area contributed by atoms with Crippen LogP contribution >= 0.6 is 0 Å². The van der Waals surface area contributed by atoms with Crippen molar-refractivity contribution in [2.24, 2.45) is 0 Å². The molecule has 2 aromatic carbocycles. The quantitative estimate of drug-likeness (QED) is 0.697. The number of nitrogens with one attached hydrogen (secondary N) is 1. The first-order valence-corrected chi connectivity index (χ1v) is 7.00. The van der Waals surface area contributed by atoms with E-state index < -0.39 is 0 Å². The zero-order valence-corrected chi connectivity index (χ0v) is 11.6. The molecule has 0 saturated carbocycles. The Balaban J connectivity index is 1.84. The largest absolute Gasteiger partial charge is 0.465 e. The van der Waals surface area contributed by atoms with Crippen LogP contribution in [0.3, 0.4) is 0 Å². The maximum absolute atomic E-state index is 5.36. The number of hydrogen-bond donors (Lipinski definition) is 1. The van der Waals surface area contributed by atoms with Crippen molar-refractivity contribution in [1.82, 2.24) is 0 Å². The molecule has 1 heterocycles. The second kappa shape index (κ2) is 6.62. The normalized spacial score (nSPS) is 12.4. The summed E-state index contributed by atoms with van der Waals surface area (Å²) in [6.45, 7) is 0. The predicted molar refractivity (Wildman–Crippen MR) is 87.0 cm³/mol. The van der Waals surface area contributed by atoms with Crippen molar-refractivity contribution in [2.45, 2.75) is 6.04 Å². The van der Waals surface area contributed by atoms with Gasteiger partial charge >= 0.3 is 0 Å². The van der Waals surface area contributed by atoms with Gasteiger partial charge < -0.3 is 9.73 Å². The SMILES string of the molecule is C(=C\C(Nc1ccccc1)c1ccccc1)/c1ccco1. The van der Waals surface area contributed by atoms with E-state index >= 15 is 0 Å². The molecule has 0 aliphatic rings. The molecule has 0 bridgehead atoms. The van der Waals surface area contributed by atoms with E-state index in [-0.39, 0.29) is 6.04 Å². The van der Waals surface area contributed by atoms with Gasteiger partial charge in [-0.05, 0) is 35.9 Å². The number of hydrogen-bond acceptors (Lipinski definition) is 2. The molecule has 1 N–H and O–H groups in total. The first-order valence-electron chi connectivity index (χ1n) is 7.00. The molecule has 0 aliphatic heterocycles. The highest BCUT2D eigenvalue weighted by Gasteiger charge is 2.07. The molecule has 0 spiro atoms. The van der Waals surface area contributed by atoms with E-state index in [2.05, 4.69) is 47.8 Å². The summed E-state index contributed by atoms with van der Waals surface area (Å²) in [5, 5.41) is 3.53. The van der Waals surface area contributed by atoms with Gasteiger partial charge in [0.2, 0.25) is 0 Å². The molecule has 0 radical (unpaired) electrons. The summed E-state index contributed by atoms with van der Waals surface area (Å²) < 4.78 is 5.36. The van der Waals surface area contributed by atoms with Crippen LogP contribution in [-0.2, 0) is 0 Å². The molecule has 1 unspecified atom stereocenters. The highest BCUT2D eigenvalue weighted by Crippen LogP contribution is 2.21. The summed E-state index contributed by atoms with van der Waals surface area (Å²) in [5.41, 5.74) is 2.31. The van der Waals surface area contributed by atoms with Gasteiger partial charge in [0.05, 0.1) is 12.3 Å². The van der Waals surface area contributed by atoms with E-state index in [1.165, 1.54) is 5.56 Å². The highest BCUT2D eigenvalue weighted by molar-refractivity contribution is 5.51. The monoisotopic (exact) mass is 275 g/mol. The Labute approximate surface area is 124 Å². The Morgan fingerprint density at radius 3 is 2.19 bits per heavy atom. The second-order valence-electron chi connectivity index (χ2n) is 4.77. The van der Waals surface area contributed by atoms with Crippen LogP contribution in [0.5, 0.6) is 0 Å². The lowest BCUT2D eigenvalue weighted by Crippen LogP contribution is -2.07. The van der Waals surface area contributed by atoms with Crippen molar-refractivity contribution < 1.29 is 4.42 Å². The summed E-state index contributed by atoms with van der Waals surface area (Å²) in [7, 11) is 0. The Morgan fingerprint density at radius 1 is 0.810 bits per heavy atom. The third-order valence-corrected chi connectivity index (χ3v) is 3.25. The molecule has 2 heteroatoms.